The molecule has 5 heterocycles. The number of carboxylic acid groups (broad SMARTS) is 1. The van der Waals surface area contributed by atoms with Crippen LogP contribution in [0.1, 0.15) is 0 Å². The number of aliphatic hydroxyl groups is 6. The van der Waals surface area contributed by atoms with Crippen LogP contribution in [-0.4, -0.2) is 345 Å². The Kier molecular flexibility index (Phi) is 29.3. The Hall–Kier alpha value is -1.86. The molecule has 0 aromatic carbocycles. The molecule has 0 aromatic heterocycles. The van der Waals surface area contributed by atoms with E-state index in [4.69, 9.17) is 51.9 Å². The van der Waals surface area contributed by atoms with E-state index in [0.717, 1.165) is 0 Å². The molecule has 5 aliphatic rings. The summed E-state index contributed by atoms with van der Waals surface area (Å²) in [6, 6.07) is -6.82. The van der Waals surface area contributed by atoms with E-state index in [2.05, 4.69) is 33.5 Å². The third-order valence-corrected chi connectivity index (χ3v) is 17.8. The zero-order valence-corrected chi connectivity index (χ0v) is 53.8. The molecule has 5 saturated heterocycles. The zero-order chi connectivity index (χ0) is 71.2. The van der Waals surface area contributed by atoms with Gasteiger partial charge in [0.1, 0.15) is 79.4 Å². The molecule has 94 heavy (non-hydrogen) atoms. The largest absolute Gasteiger partial charge is 0.479 e. The van der Waals surface area contributed by atoms with Crippen molar-refractivity contribution in [3.63, 3.8) is 0 Å². The van der Waals surface area contributed by atoms with Crippen LogP contribution in [0.25, 0.3) is 0 Å². The van der Waals surface area contributed by atoms with Gasteiger partial charge in [-0.3, -0.25) is 36.4 Å². The quantitative estimate of drug-likeness (QED) is 0.0159. The smallest absolute Gasteiger partial charge is 0.397 e. The second kappa shape index (κ2) is 33.3. The summed E-state index contributed by atoms with van der Waals surface area (Å²) >= 11 is 3.80. The lowest BCUT2D eigenvalue weighted by atomic mass is 9.89. The highest BCUT2D eigenvalue weighted by Crippen LogP contribution is 2.36. The Balaban J connectivity index is 1.42. The van der Waals surface area contributed by atoms with Crippen LogP contribution in [0.4, 0.5) is 0 Å². The lowest BCUT2D eigenvalue weighted by Crippen LogP contribution is -2.68. The van der Waals surface area contributed by atoms with Gasteiger partial charge in [-0.15, -0.1) is 0 Å². The van der Waals surface area contributed by atoms with E-state index in [1.54, 1.807) is 4.72 Å². The summed E-state index contributed by atoms with van der Waals surface area (Å²) in [7, 11) is -44.6. The van der Waals surface area contributed by atoms with Crippen LogP contribution in [0.15, 0.2) is 0 Å². The highest BCUT2D eigenvalue weighted by atomic mass is 32.3. The van der Waals surface area contributed by atoms with Crippen LogP contribution in [-0.2, 0) is 156 Å². The molecule has 0 amide bonds. The Morgan fingerprint density at radius 1 is 0.404 bits per heavy atom. The fourth-order valence-corrected chi connectivity index (χ4v) is 13.8. The Morgan fingerprint density at radius 2 is 0.819 bits per heavy atom. The summed E-state index contributed by atoms with van der Waals surface area (Å²) in [4.78, 5) is 12.7. The maximum Gasteiger partial charge on any atom is 0.397 e. The molecule has 554 valence electrons. The standard InChI is InChI=1S/C35H63N3O47S9/c39-22-11(2-74-35(32(22)85-94(68,69)70)82-29-17(8-76-91(59,60)61)79-14(6-73-10-86)20(26(29)43)37-88(50,51)52)1-71-5-15-21(38-89(53,54)55)31(84-93(65,66)67)30(18(80-15)9-77-92(62,63)64)83-34-27(44)23(40)12(28(81-34)33(45)46)3-72-4-13-19(36-87(47,48)49)25(42)24(41)16(78-13)7-75-90(56,57)58/h11-32,34-44,86H,1-10H2,(H,45,46)(H,47,48,49)(H,50,51,52)(H,53,54,55)(H,56,57,58)(H,59,60,61)(H,62,63,64)(H,65,66,67)(H,68,69,70). The van der Waals surface area contributed by atoms with Gasteiger partial charge in [0.05, 0.1) is 95.7 Å². The van der Waals surface area contributed by atoms with Crippen molar-refractivity contribution in [3.05, 3.63) is 0 Å². The van der Waals surface area contributed by atoms with E-state index < -0.39 is 301 Å². The van der Waals surface area contributed by atoms with Gasteiger partial charge in [0, 0.05) is 11.8 Å². The number of ether oxygens (including phenoxy) is 10. The van der Waals surface area contributed by atoms with Crippen molar-refractivity contribution in [2.24, 2.45) is 11.8 Å². The van der Waals surface area contributed by atoms with Gasteiger partial charge in [0.2, 0.25) is 0 Å². The Morgan fingerprint density at radius 3 is 1.29 bits per heavy atom. The van der Waals surface area contributed by atoms with Gasteiger partial charge in [-0.2, -0.15) is 94.1 Å². The van der Waals surface area contributed by atoms with Crippen LogP contribution in [0.5, 0.6) is 0 Å². The molecule has 0 radical (unpaired) electrons. The van der Waals surface area contributed by atoms with Crippen LogP contribution < -0.4 is 14.2 Å². The van der Waals surface area contributed by atoms with Crippen molar-refractivity contribution in [2.75, 3.05) is 65.4 Å². The van der Waals surface area contributed by atoms with Gasteiger partial charge in [-0.25, -0.2) is 25.7 Å². The third kappa shape index (κ3) is 25.9. The maximum absolute atomic E-state index is 12.7. The lowest BCUT2D eigenvalue weighted by Gasteiger charge is -2.48. The minimum Gasteiger partial charge on any atom is -0.479 e. The number of carboxylic acids is 1. The van der Waals surface area contributed by atoms with Crippen LogP contribution in [0.2, 0.25) is 0 Å². The van der Waals surface area contributed by atoms with Gasteiger partial charge >= 0.3 is 88.9 Å². The summed E-state index contributed by atoms with van der Waals surface area (Å²) in [6.07, 6.45) is -45.4. The normalized spacial score (nSPS) is 37.1. The first-order valence-electron chi connectivity index (χ1n) is 25.5. The predicted molar refractivity (Wildman–Crippen MR) is 287 cm³/mol. The zero-order valence-electron chi connectivity index (χ0n) is 46.4. The predicted octanol–water partition coefficient (Wildman–Crippen LogP) is -12.3. The fourth-order valence-electron chi connectivity index (χ4n) is 9.86. The fraction of sp³-hybridized carbons (Fsp3) is 0.971. The number of aliphatic hydroxyl groups excluding tert-OH is 6. The summed E-state index contributed by atoms with van der Waals surface area (Å²) in [5, 5.41) is 77.0. The average molecular weight is 1570 g/mol. The monoisotopic (exact) mass is 1570 g/mol. The molecular formula is C35H63N3O47S9. The molecule has 50 nitrogen and oxygen atoms in total. The van der Waals surface area contributed by atoms with Gasteiger partial charge in [-0.05, 0) is 0 Å². The van der Waals surface area contributed by atoms with E-state index >= 15 is 0 Å². The molecule has 5 fully saturated rings. The van der Waals surface area contributed by atoms with Crippen molar-refractivity contribution in [2.45, 2.75) is 134 Å². The van der Waals surface area contributed by atoms with Crippen LogP contribution in [0.3, 0.4) is 0 Å². The number of rotatable bonds is 35. The van der Waals surface area contributed by atoms with Crippen molar-refractivity contribution in [1.29, 1.82) is 0 Å². The summed E-state index contributed by atoms with van der Waals surface area (Å²) in [5.41, 5.74) is 0. The van der Waals surface area contributed by atoms with Crippen molar-refractivity contribution >= 4 is 102 Å². The van der Waals surface area contributed by atoms with E-state index in [0.29, 0.717) is 0 Å². The van der Waals surface area contributed by atoms with E-state index in [9.17, 15) is 140 Å². The molecule has 0 spiro atoms. The molecule has 0 bridgehead atoms. The number of aliphatic carboxylic acids is 1. The molecule has 59 heteroatoms. The molecule has 5 rings (SSSR count). The molecule has 24 unspecified atom stereocenters. The average Bonchev–Trinajstić information content (AvgIpc) is 0.778. The summed E-state index contributed by atoms with van der Waals surface area (Å²) in [6.45, 7) is -10.6. The van der Waals surface area contributed by atoms with E-state index in [-0.39, 0.29) is 0 Å². The minimum absolute atomic E-state index is 0.404. The number of hydrogen-bond donors (Lipinski definition) is 19. The first kappa shape index (κ1) is 82.8. The minimum atomic E-state index is -6.07. The van der Waals surface area contributed by atoms with Crippen molar-refractivity contribution < 1.29 is 213 Å². The number of thiol groups is 1. The Labute approximate surface area is 537 Å². The van der Waals surface area contributed by atoms with Crippen LogP contribution >= 0.6 is 12.6 Å². The van der Waals surface area contributed by atoms with Gasteiger partial charge in [0.25, 0.3) is 0 Å². The topological polar surface area (TPSA) is 768 Å². The molecule has 0 saturated carbocycles. The number of hydrogen-bond acceptors (Lipinski definition) is 39. The number of carbonyl (C=O) groups is 1. The lowest BCUT2D eigenvalue weighted by molar-refractivity contribution is -0.326. The molecule has 24 atom stereocenters. The maximum atomic E-state index is 12.7. The molecule has 18 N–H and O–H groups in total. The second-order valence-corrected chi connectivity index (χ2v) is 29.4. The second-order valence-electron chi connectivity index (χ2n) is 20.2. The number of nitrogens with one attached hydrogen (secondary N) is 3. The molecule has 0 aliphatic carbocycles. The van der Waals surface area contributed by atoms with Crippen molar-refractivity contribution in [3.8, 4) is 0 Å². The Bertz CT molecular complexity index is 3460. The summed E-state index contributed by atoms with van der Waals surface area (Å²) < 4.78 is 348. The van der Waals surface area contributed by atoms with Gasteiger partial charge < -0.3 is 83.1 Å². The molecule has 0 aromatic rings. The first-order valence-corrected chi connectivity index (χ1v) is 37.2. The van der Waals surface area contributed by atoms with E-state index in [1.165, 1.54) is 9.44 Å². The molecule has 5 aliphatic heterocycles. The van der Waals surface area contributed by atoms with Gasteiger partial charge in [-0.1, -0.05) is 0 Å². The highest BCUT2D eigenvalue weighted by molar-refractivity contribution is 7.84. The van der Waals surface area contributed by atoms with Crippen LogP contribution in [0, 0.1) is 11.8 Å². The first-order chi connectivity index (χ1) is 42.8. The summed E-state index contributed by atoms with van der Waals surface area (Å²) in [5.74, 6) is -6.33. The van der Waals surface area contributed by atoms with E-state index in [1.807, 2.05) is 0 Å². The SMILES string of the molecule is O=C(O)C1OC(OC2C(COS(=O)(=O)O)OC(COCC3COC(OC4C(COS(=O)(=O)O)OC(COCS)C(NS(=O)(=O)O)C4O)C(OS(=O)(=O)O)C3O)C(NS(=O)(=O)O)C2OS(=O)(=O)O)C(O)C(O)C1COCC1OC(COS(=O)(=O)O)C(O)C(O)C1NS(=O)(=O)O. The molecular weight excluding hydrogens is 1500 g/mol. The van der Waals surface area contributed by atoms with Gasteiger partial charge in [0.15, 0.2) is 24.8 Å². The third-order valence-electron chi connectivity index (χ3n) is 13.6. The highest BCUT2D eigenvalue weighted by Gasteiger charge is 2.57. The van der Waals surface area contributed by atoms with Crippen molar-refractivity contribution in [1.82, 2.24) is 14.2 Å².